The second-order valence-electron chi connectivity index (χ2n) is 2.80. The third-order valence-corrected chi connectivity index (χ3v) is 3.45. The zero-order valence-corrected chi connectivity index (χ0v) is 12.3. The fraction of sp³-hybridized carbons (Fsp3) is 0.125. The van der Waals surface area contributed by atoms with Crippen LogP contribution in [-0.2, 0) is 0 Å². The van der Waals surface area contributed by atoms with Crippen molar-refractivity contribution >= 4 is 47.8 Å². The van der Waals surface area contributed by atoms with Gasteiger partial charge in [-0.25, -0.2) is 4.98 Å². The van der Waals surface area contributed by atoms with Gasteiger partial charge >= 0.3 is 0 Å². The third kappa shape index (κ3) is 2.29. The van der Waals surface area contributed by atoms with Gasteiger partial charge in [0, 0.05) is 4.47 Å². The first-order valence-corrected chi connectivity index (χ1v) is 6.37. The Hall–Kier alpha value is -0.270. The Morgan fingerprint density at radius 2 is 1.87 bits per heavy atom. The normalized spacial score (nSPS) is 10.7. The molecular weight excluding hydrogens is 392 g/mol. The predicted molar refractivity (Wildman–Crippen MR) is 67.0 cm³/mol. The first kappa shape index (κ1) is 11.2. The lowest BCUT2D eigenvalue weighted by Gasteiger charge is -2.03. The van der Waals surface area contributed by atoms with Crippen molar-refractivity contribution < 1.29 is 0 Å². The van der Waals surface area contributed by atoms with Crippen molar-refractivity contribution in [3.8, 4) is 5.82 Å². The standard InChI is InChI=1S/C8H5Br3N4/c1-4-5(9)2-3-6(12-4)15-8(11)13-7(10)14-15/h2-3H,1H3. The van der Waals surface area contributed by atoms with Gasteiger partial charge in [-0.3, -0.25) is 0 Å². The fourth-order valence-corrected chi connectivity index (χ4v) is 2.28. The van der Waals surface area contributed by atoms with Gasteiger partial charge < -0.3 is 0 Å². The summed E-state index contributed by atoms with van der Waals surface area (Å²) in [6.07, 6.45) is 0. The predicted octanol–water partition coefficient (Wildman–Crippen LogP) is 3.26. The Kier molecular flexibility index (Phi) is 3.22. The van der Waals surface area contributed by atoms with Crippen LogP contribution in [0.2, 0.25) is 0 Å². The Balaban J connectivity index is 2.54. The van der Waals surface area contributed by atoms with Crippen molar-refractivity contribution in [1.82, 2.24) is 19.7 Å². The van der Waals surface area contributed by atoms with Crippen LogP contribution in [0.25, 0.3) is 5.82 Å². The molecule has 0 spiro atoms. The molecule has 0 radical (unpaired) electrons. The summed E-state index contributed by atoms with van der Waals surface area (Å²) in [5, 5.41) is 4.15. The maximum absolute atomic E-state index is 4.38. The van der Waals surface area contributed by atoms with Crippen LogP contribution in [0.4, 0.5) is 0 Å². The molecule has 15 heavy (non-hydrogen) atoms. The summed E-state index contributed by atoms with van der Waals surface area (Å²) < 4.78 is 3.73. The molecule has 0 unspecified atom stereocenters. The van der Waals surface area contributed by atoms with Gasteiger partial charge in [0.25, 0.3) is 0 Å². The van der Waals surface area contributed by atoms with E-state index < -0.39 is 0 Å². The summed E-state index contributed by atoms with van der Waals surface area (Å²) >= 11 is 9.90. The van der Waals surface area contributed by atoms with E-state index in [1.54, 1.807) is 4.68 Å². The van der Waals surface area contributed by atoms with E-state index >= 15 is 0 Å². The van der Waals surface area contributed by atoms with Gasteiger partial charge in [0.15, 0.2) is 5.82 Å². The van der Waals surface area contributed by atoms with Gasteiger partial charge in [-0.2, -0.15) is 9.67 Å². The third-order valence-electron chi connectivity index (χ3n) is 1.77. The van der Waals surface area contributed by atoms with Crippen molar-refractivity contribution in [3.63, 3.8) is 0 Å². The molecule has 0 aliphatic carbocycles. The van der Waals surface area contributed by atoms with E-state index in [2.05, 4.69) is 62.9 Å². The second kappa shape index (κ2) is 4.31. The van der Waals surface area contributed by atoms with E-state index in [0.717, 1.165) is 16.0 Å². The van der Waals surface area contributed by atoms with Crippen molar-refractivity contribution in [2.24, 2.45) is 0 Å². The lowest BCUT2D eigenvalue weighted by molar-refractivity contribution is 0.813. The summed E-state index contributed by atoms with van der Waals surface area (Å²) in [6.45, 7) is 1.92. The summed E-state index contributed by atoms with van der Waals surface area (Å²) in [4.78, 5) is 8.45. The molecule has 0 amide bonds. The number of pyridine rings is 1. The molecule has 2 rings (SSSR count). The van der Waals surface area contributed by atoms with E-state index in [1.807, 2.05) is 19.1 Å². The van der Waals surface area contributed by atoms with Gasteiger partial charge in [-0.1, -0.05) is 0 Å². The summed E-state index contributed by atoms with van der Waals surface area (Å²) in [5.41, 5.74) is 0.908. The number of hydrogen-bond acceptors (Lipinski definition) is 3. The minimum Gasteiger partial charge on any atom is -0.233 e. The highest BCUT2D eigenvalue weighted by Crippen LogP contribution is 2.19. The molecule has 0 saturated heterocycles. The van der Waals surface area contributed by atoms with Gasteiger partial charge in [-0.05, 0) is 66.8 Å². The smallest absolute Gasteiger partial charge is 0.218 e. The van der Waals surface area contributed by atoms with Gasteiger partial charge in [0.2, 0.25) is 9.47 Å². The van der Waals surface area contributed by atoms with Crippen LogP contribution in [0.1, 0.15) is 5.69 Å². The summed E-state index contributed by atoms with van der Waals surface area (Å²) in [7, 11) is 0. The maximum Gasteiger partial charge on any atom is 0.218 e. The van der Waals surface area contributed by atoms with Crippen molar-refractivity contribution in [2.45, 2.75) is 6.92 Å². The lowest BCUT2D eigenvalue weighted by Crippen LogP contribution is -2.01. The van der Waals surface area contributed by atoms with Crippen LogP contribution in [0.15, 0.2) is 26.1 Å². The molecule has 2 aromatic heterocycles. The monoisotopic (exact) mass is 394 g/mol. The summed E-state index contributed by atoms with van der Waals surface area (Å²) in [6, 6.07) is 3.79. The molecule has 2 aromatic rings. The average molecular weight is 397 g/mol. The highest BCUT2D eigenvalue weighted by Gasteiger charge is 2.09. The van der Waals surface area contributed by atoms with Crippen LogP contribution < -0.4 is 0 Å². The molecule has 2 heterocycles. The first-order valence-electron chi connectivity index (χ1n) is 3.99. The first-order chi connectivity index (χ1) is 7.08. The summed E-state index contributed by atoms with van der Waals surface area (Å²) in [5.74, 6) is 0.723. The molecule has 7 heteroatoms. The highest BCUT2D eigenvalue weighted by molar-refractivity contribution is 9.11. The molecule has 78 valence electrons. The van der Waals surface area contributed by atoms with Crippen LogP contribution in [0.5, 0.6) is 0 Å². The molecule has 4 nitrogen and oxygen atoms in total. The number of nitrogens with zero attached hydrogens (tertiary/aromatic N) is 4. The fourth-order valence-electron chi connectivity index (χ4n) is 1.06. The molecule has 0 N–H and O–H groups in total. The van der Waals surface area contributed by atoms with Crippen molar-refractivity contribution in [2.75, 3.05) is 0 Å². The zero-order chi connectivity index (χ0) is 11.0. The molecule has 0 aliphatic heterocycles. The Bertz CT molecular complexity index is 509. The molecule has 0 bridgehead atoms. The number of hydrogen-bond donors (Lipinski definition) is 0. The topological polar surface area (TPSA) is 43.6 Å². The van der Waals surface area contributed by atoms with E-state index in [9.17, 15) is 0 Å². The molecule has 0 aromatic carbocycles. The van der Waals surface area contributed by atoms with Crippen molar-refractivity contribution in [3.05, 3.63) is 31.8 Å². The Labute approximate surface area is 112 Å². The van der Waals surface area contributed by atoms with Crippen LogP contribution >= 0.6 is 47.8 Å². The average Bonchev–Trinajstić information content (AvgIpc) is 2.50. The van der Waals surface area contributed by atoms with E-state index in [1.165, 1.54) is 0 Å². The maximum atomic E-state index is 4.38. The van der Waals surface area contributed by atoms with E-state index in [4.69, 9.17) is 0 Å². The Morgan fingerprint density at radius 3 is 2.40 bits per heavy atom. The number of aryl methyl sites for hydroxylation is 1. The van der Waals surface area contributed by atoms with Gasteiger partial charge in [0.1, 0.15) is 0 Å². The van der Waals surface area contributed by atoms with Crippen molar-refractivity contribution in [1.29, 1.82) is 0 Å². The Morgan fingerprint density at radius 1 is 1.13 bits per heavy atom. The number of aromatic nitrogens is 4. The largest absolute Gasteiger partial charge is 0.233 e. The minimum atomic E-state index is 0.525. The van der Waals surface area contributed by atoms with E-state index in [0.29, 0.717) is 9.47 Å². The highest BCUT2D eigenvalue weighted by atomic mass is 79.9. The quantitative estimate of drug-likeness (QED) is 0.743. The van der Waals surface area contributed by atoms with E-state index in [-0.39, 0.29) is 0 Å². The van der Waals surface area contributed by atoms with Gasteiger partial charge in [0.05, 0.1) is 5.69 Å². The van der Waals surface area contributed by atoms with Crippen LogP contribution in [-0.4, -0.2) is 19.7 Å². The van der Waals surface area contributed by atoms with Gasteiger partial charge in [-0.15, -0.1) is 5.10 Å². The molecule has 0 saturated carbocycles. The molecule has 0 atom stereocenters. The lowest BCUT2D eigenvalue weighted by atomic mass is 10.4. The molecular formula is C8H5Br3N4. The second-order valence-corrected chi connectivity index (χ2v) is 5.07. The van der Waals surface area contributed by atoms with Crippen LogP contribution in [0.3, 0.4) is 0 Å². The SMILES string of the molecule is Cc1nc(-n2nc(Br)nc2Br)ccc1Br. The molecule has 0 aliphatic rings. The van der Waals surface area contributed by atoms with Crippen LogP contribution in [0, 0.1) is 6.92 Å². The minimum absolute atomic E-state index is 0.525. The molecule has 0 fully saturated rings. The number of rotatable bonds is 1. The number of halogens is 3. The zero-order valence-electron chi connectivity index (χ0n) is 7.58.